The lowest BCUT2D eigenvalue weighted by molar-refractivity contribution is 0.233. The molecule has 150 valence electrons. The molecule has 1 aliphatic heterocycles. The number of halogens is 2. The summed E-state index contributed by atoms with van der Waals surface area (Å²) in [5.74, 6) is -1.06. The lowest BCUT2D eigenvalue weighted by Crippen LogP contribution is -2.57. The average molecular weight is 430 g/mol. The molecule has 0 saturated carbocycles. The van der Waals surface area contributed by atoms with Gasteiger partial charge in [0.05, 0.1) is 16.3 Å². The van der Waals surface area contributed by atoms with Crippen LogP contribution in [-0.4, -0.2) is 52.1 Å². The van der Waals surface area contributed by atoms with Crippen LogP contribution >= 0.6 is 12.4 Å². The molecule has 1 aliphatic rings. The van der Waals surface area contributed by atoms with Crippen LogP contribution in [0.25, 0.3) is 0 Å². The van der Waals surface area contributed by atoms with E-state index in [4.69, 9.17) is 0 Å². The molecule has 0 amide bonds. The lowest BCUT2D eigenvalue weighted by atomic mass is 10.1. The van der Waals surface area contributed by atoms with Crippen LogP contribution in [0.2, 0.25) is 0 Å². The summed E-state index contributed by atoms with van der Waals surface area (Å²) in [5.41, 5.74) is -0.255. The highest BCUT2D eigenvalue weighted by Gasteiger charge is 2.34. The van der Waals surface area contributed by atoms with Crippen LogP contribution in [0.1, 0.15) is 27.2 Å². The van der Waals surface area contributed by atoms with E-state index in [1.807, 2.05) is 6.92 Å². The van der Waals surface area contributed by atoms with Crippen molar-refractivity contribution in [1.29, 1.82) is 0 Å². The number of piperazine rings is 1. The van der Waals surface area contributed by atoms with Crippen LogP contribution in [0.3, 0.4) is 0 Å². The third kappa shape index (κ3) is 5.07. The van der Waals surface area contributed by atoms with Crippen LogP contribution in [0.15, 0.2) is 23.1 Å². The summed E-state index contributed by atoms with van der Waals surface area (Å²) in [4.78, 5) is -0.190. The Morgan fingerprint density at radius 3 is 2.50 bits per heavy atom. The van der Waals surface area contributed by atoms with Crippen LogP contribution in [0.5, 0.6) is 0 Å². The van der Waals surface area contributed by atoms with E-state index in [1.54, 1.807) is 13.8 Å². The molecule has 1 saturated heterocycles. The molecule has 1 aromatic carbocycles. The Bertz CT molecular complexity index is 833. The maximum atomic E-state index is 14.3. The van der Waals surface area contributed by atoms with E-state index < -0.39 is 25.9 Å². The van der Waals surface area contributed by atoms with Gasteiger partial charge < -0.3 is 5.32 Å². The van der Waals surface area contributed by atoms with Gasteiger partial charge in [-0.1, -0.05) is 6.92 Å². The van der Waals surface area contributed by atoms with Gasteiger partial charge in [-0.05, 0) is 38.5 Å². The zero-order valence-corrected chi connectivity index (χ0v) is 17.3. The fraction of sp³-hybridized carbons (Fsp3) is 0.600. The molecule has 2 unspecified atom stereocenters. The number of hydrogen-bond acceptors (Lipinski definition) is 5. The Labute approximate surface area is 160 Å². The van der Waals surface area contributed by atoms with Crippen molar-refractivity contribution < 1.29 is 21.2 Å². The highest BCUT2D eigenvalue weighted by atomic mass is 35.5. The molecule has 1 fully saturated rings. The second-order valence-electron chi connectivity index (χ2n) is 6.16. The highest BCUT2D eigenvalue weighted by Crippen LogP contribution is 2.25. The normalized spacial score (nSPS) is 21.8. The molecule has 0 bridgehead atoms. The first kappa shape index (κ1) is 23.1. The second-order valence-corrected chi connectivity index (χ2v) is 9.89. The molecule has 2 N–H and O–H groups in total. The molecule has 2 atom stereocenters. The first-order chi connectivity index (χ1) is 11.6. The third-order valence-electron chi connectivity index (χ3n) is 4.26. The summed E-state index contributed by atoms with van der Waals surface area (Å²) >= 11 is 0. The number of anilines is 1. The predicted octanol–water partition coefficient (Wildman–Crippen LogP) is 1.77. The minimum Gasteiger partial charge on any atom is -0.311 e. The maximum Gasteiger partial charge on any atom is 0.243 e. The molecule has 0 aliphatic carbocycles. The summed E-state index contributed by atoms with van der Waals surface area (Å²) in [6.07, 6.45) is 0.391. The van der Waals surface area contributed by atoms with Gasteiger partial charge in [0.15, 0.2) is 0 Å². The highest BCUT2D eigenvalue weighted by molar-refractivity contribution is 7.92. The molecule has 26 heavy (non-hydrogen) atoms. The van der Waals surface area contributed by atoms with E-state index in [0.29, 0.717) is 19.5 Å². The van der Waals surface area contributed by atoms with Crippen molar-refractivity contribution in [2.75, 3.05) is 23.6 Å². The van der Waals surface area contributed by atoms with Crippen LogP contribution in [0.4, 0.5) is 10.1 Å². The summed E-state index contributed by atoms with van der Waals surface area (Å²) < 4.78 is 66.8. The first-order valence-electron chi connectivity index (χ1n) is 8.13. The van der Waals surface area contributed by atoms with Gasteiger partial charge in [0.1, 0.15) is 5.82 Å². The number of sulfonamides is 2. The van der Waals surface area contributed by atoms with Crippen LogP contribution in [0, 0.1) is 5.82 Å². The SMILES string of the molecule is CCCS(=O)(=O)Nc1ccc(S(=O)(=O)N2CCNC(C)C2C)cc1F.Cl. The molecule has 0 radical (unpaired) electrons. The van der Waals surface area contributed by atoms with E-state index in [0.717, 1.165) is 12.1 Å². The summed E-state index contributed by atoms with van der Waals surface area (Å²) in [6, 6.07) is 2.93. The zero-order chi connectivity index (χ0) is 18.8. The quantitative estimate of drug-likeness (QED) is 0.718. The fourth-order valence-electron chi connectivity index (χ4n) is 2.73. The van der Waals surface area contributed by atoms with E-state index in [1.165, 1.54) is 10.4 Å². The molecule has 0 spiro atoms. The molecule has 11 heteroatoms. The standard InChI is InChI=1S/C15H24FN3O4S2.ClH/c1-4-9-24(20,21)18-15-6-5-13(10-14(15)16)25(22,23)19-8-7-17-11(2)12(19)3;/h5-6,10-12,17-18H,4,7-9H2,1-3H3;1H. The van der Waals surface area contributed by atoms with Crippen molar-refractivity contribution >= 4 is 38.1 Å². The molecule has 1 heterocycles. The van der Waals surface area contributed by atoms with Crippen molar-refractivity contribution in [3.05, 3.63) is 24.0 Å². The van der Waals surface area contributed by atoms with Crippen molar-refractivity contribution in [3.63, 3.8) is 0 Å². The van der Waals surface area contributed by atoms with E-state index in [-0.39, 0.29) is 40.8 Å². The molecular formula is C15H25ClFN3O4S2. The Kier molecular flexibility index (Phi) is 7.85. The lowest BCUT2D eigenvalue weighted by Gasteiger charge is -2.37. The van der Waals surface area contributed by atoms with E-state index in [9.17, 15) is 21.2 Å². The van der Waals surface area contributed by atoms with Gasteiger partial charge in [-0.2, -0.15) is 4.31 Å². The largest absolute Gasteiger partial charge is 0.311 e. The minimum absolute atomic E-state index is 0. The monoisotopic (exact) mass is 429 g/mol. The Hall–Kier alpha value is -0.940. The Morgan fingerprint density at radius 2 is 1.92 bits per heavy atom. The van der Waals surface area contributed by atoms with E-state index >= 15 is 0 Å². The smallest absolute Gasteiger partial charge is 0.243 e. The summed E-state index contributed by atoms with van der Waals surface area (Å²) in [7, 11) is -7.51. The number of nitrogens with zero attached hydrogens (tertiary/aromatic N) is 1. The molecule has 2 rings (SSSR count). The van der Waals surface area contributed by atoms with Crippen molar-refractivity contribution in [2.24, 2.45) is 0 Å². The Balaban J connectivity index is 0.00000338. The average Bonchev–Trinajstić information content (AvgIpc) is 2.51. The van der Waals surface area contributed by atoms with Crippen LogP contribution < -0.4 is 10.0 Å². The number of nitrogens with one attached hydrogen (secondary N) is 2. The molecule has 1 aromatic rings. The van der Waals surface area contributed by atoms with Crippen molar-refractivity contribution in [3.8, 4) is 0 Å². The predicted molar refractivity (Wildman–Crippen MR) is 102 cm³/mol. The van der Waals surface area contributed by atoms with Gasteiger partial charge >= 0.3 is 0 Å². The maximum absolute atomic E-state index is 14.3. The number of hydrogen-bond donors (Lipinski definition) is 2. The van der Waals surface area contributed by atoms with Crippen LogP contribution in [-0.2, 0) is 20.0 Å². The van der Waals surface area contributed by atoms with Gasteiger partial charge in [0.25, 0.3) is 0 Å². The fourth-order valence-corrected chi connectivity index (χ4v) is 5.58. The molecule has 0 aromatic heterocycles. The summed E-state index contributed by atoms with van der Waals surface area (Å²) in [6.45, 7) is 6.18. The van der Waals surface area contributed by atoms with Crippen molar-refractivity contribution in [1.82, 2.24) is 9.62 Å². The minimum atomic E-state index is -3.86. The van der Waals surface area contributed by atoms with Gasteiger partial charge in [-0.25, -0.2) is 21.2 Å². The van der Waals surface area contributed by atoms with Gasteiger partial charge in [-0.3, -0.25) is 4.72 Å². The van der Waals surface area contributed by atoms with Gasteiger partial charge in [0, 0.05) is 25.2 Å². The first-order valence-corrected chi connectivity index (χ1v) is 11.2. The van der Waals surface area contributed by atoms with Crippen molar-refractivity contribution in [2.45, 2.75) is 44.2 Å². The van der Waals surface area contributed by atoms with E-state index in [2.05, 4.69) is 10.0 Å². The zero-order valence-electron chi connectivity index (χ0n) is 14.9. The van der Waals surface area contributed by atoms with Gasteiger partial charge in [-0.15, -0.1) is 12.4 Å². The second kappa shape index (κ2) is 8.83. The van der Waals surface area contributed by atoms with Gasteiger partial charge in [0.2, 0.25) is 20.0 Å². The summed E-state index contributed by atoms with van der Waals surface area (Å²) in [5, 5.41) is 3.19. The number of benzene rings is 1. The Morgan fingerprint density at radius 1 is 1.27 bits per heavy atom. The number of rotatable bonds is 6. The third-order valence-corrected chi connectivity index (χ3v) is 7.72. The molecular weight excluding hydrogens is 405 g/mol. The topological polar surface area (TPSA) is 95.6 Å². The molecule has 7 nitrogen and oxygen atoms in total.